The molecule has 0 bridgehead atoms. The van der Waals surface area contributed by atoms with Crippen molar-refractivity contribution in [2.45, 2.75) is 26.2 Å². The molecule has 1 aliphatic rings. The molecule has 0 radical (unpaired) electrons. The summed E-state index contributed by atoms with van der Waals surface area (Å²) in [5.74, 6) is -0.917. The van der Waals surface area contributed by atoms with Crippen molar-refractivity contribution >= 4 is 34.7 Å². The van der Waals surface area contributed by atoms with Gasteiger partial charge >= 0.3 is 0 Å². The molecular formula is C19H23N5O3S. The van der Waals surface area contributed by atoms with E-state index in [4.69, 9.17) is 0 Å². The van der Waals surface area contributed by atoms with Crippen LogP contribution in [0, 0.1) is 5.92 Å². The molecular weight excluding hydrogens is 378 g/mol. The summed E-state index contributed by atoms with van der Waals surface area (Å²) >= 11 is 0.959. The van der Waals surface area contributed by atoms with Gasteiger partial charge < -0.3 is 15.5 Å². The molecule has 0 spiro atoms. The maximum Gasteiger partial charge on any atom is 0.286 e. The zero-order chi connectivity index (χ0) is 19.9. The van der Waals surface area contributed by atoms with Crippen molar-refractivity contribution in [1.29, 1.82) is 0 Å². The van der Waals surface area contributed by atoms with Crippen molar-refractivity contribution in [3.8, 4) is 0 Å². The van der Waals surface area contributed by atoms with Crippen LogP contribution in [0.25, 0.3) is 0 Å². The van der Waals surface area contributed by atoms with Gasteiger partial charge in [-0.25, -0.2) is 0 Å². The first-order valence-electron chi connectivity index (χ1n) is 9.35. The molecule has 1 fully saturated rings. The van der Waals surface area contributed by atoms with E-state index in [0.717, 1.165) is 30.6 Å². The number of hydrogen-bond donors (Lipinski definition) is 2. The molecule has 8 nitrogen and oxygen atoms in total. The van der Waals surface area contributed by atoms with Gasteiger partial charge in [0.1, 0.15) is 0 Å². The Hall–Kier alpha value is -2.81. The number of piperidine rings is 1. The summed E-state index contributed by atoms with van der Waals surface area (Å²) < 4.78 is 0. The van der Waals surface area contributed by atoms with Crippen LogP contribution in [-0.4, -0.2) is 52.5 Å². The third-order valence-corrected chi connectivity index (χ3v) is 5.37. The summed E-state index contributed by atoms with van der Waals surface area (Å²) in [7, 11) is 0. The fraction of sp³-hybridized carbons (Fsp3) is 0.421. The molecule has 3 amide bonds. The number of likely N-dealkylation sites (tertiary alicyclic amines) is 1. The molecule has 28 heavy (non-hydrogen) atoms. The number of benzene rings is 1. The van der Waals surface area contributed by atoms with Gasteiger partial charge in [0.25, 0.3) is 11.8 Å². The Morgan fingerprint density at radius 1 is 1.18 bits per heavy atom. The lowest BCUT2D eigenvalue weighted by atomic mass is 9.97. The smallest absolute Gasteiger partial charge is 0.286 e. The third kappa shape index (κ3) is 4.92. The van der Waals surface area contributed by atoms with E-state index in [-0.39, 0.29) is 27.7 Å². The highest BCUT2D eigenvalue weighted by atomic mass is 32.1. The van der Waals surface area contributed by atoms with Gasteiger partial charge in [-0.3, -0.25) is 14.4 Å². The van der Waals surface area contributed by atoms with Gasteiger partial charge in [0.15, 0.2) is 0 Å². The van der Waals surface area contributed by atoms with Gasteiger partial charge in [-0.15, -0.1) is 10.2 Å². The van der Waals surface area contributed by atoms with Gasteiger partial charge in [0, 0.05) is 25.3 Å². The Balaban J connectivity index is 1.61. The third-order valence-electron chi connectivity index (χ3n) is 4.46. The average molecular weight is 401 g/mol. The number of carbonyl (C=O) groups excluding carboxylic acids is 3. The first-order chi connectivity index (χ1) is 13.6. The summed E-state index contributed by atoms with van der Waals surface area (Å²) in [5.41, 5.74) is 0.646. The van der Waals surface area contributed by atoms with E-state index in [1.165, 1.54) is 0 Å². The number of amides is 3. The minimum absolute atomic E-state index is 0.0143. The lowest BCUT2D eigenvalue weighted by Gasteiger charge is -2.31. The van der Waals surface area contributed by atoms with Crippen LogP contribution in [0.15, 0.2) is 30.3 Å². The number of anilines is 1. The molecule has 2 aromatic rings. The van der Waals surface area contributed by atoms with E-state index in [2.05, 4.69) is 20.8 Å². The van der Waals surface area contributed by atoms with E-state index in [1.54, 1.807) is 17.0 Å². The molecule has 1 unspecified atom stereocenters. The van der Waals surface area contributed by atoms with E-state index < -0.39 is 5.91 Å². The lowest BCUT2D eigenvalue weighted by molar-refractivity contribution is -0.126. The van der Waals surface area contributed by atoms with Crippen molar-refractivity contribution in [3.63, 3.8) is 0 Å². The summed E-state index contributed by atoms with van der Waals surface area (Å²) in [6, 6.07) is 9.01. The molecule has 0 aliphatic carbocycles. The fourth-order valence-corrected chi connectivity index (χ4v) is 3.72. The van der Waals surface area contributed by atoms with Crippen LogP contribution in [0.5, 0.6) is 0 Å². The first-order valence-corrected chi connectivity index (χ1v) is 10.2. The number of rotatable bonds is 6. The minimum Gasteiger partial charge on any atom is -0.356 e. The second-order valence-electron chi connectivity index (χ2n) is 6.61. The molecule has 2 heterocycles. The topological polar surface area (TPSA) is 104 Å². The monoisotopic (exact) mass is 401 g/mol. The number of hydrogen-bond acceptors (Lipinski definition) is 6. The Morgan fingerprint density at radius 2 is 1.93 bits per heavy atom. The van der Waals surface area contributed by atoms with E-state index in [1.807, 2.05) is 25.1 Å². The highest BCUT2D eigenvalue weighted by Gasteiger charge is 2.30. The van der Waals surface area contributed by atoms with Crippen molar-refractivity contribution < 1.29 is 14.4 Å². The minimum atomic E-state index is -0.404. The van der Waals surface area contributed by atoms with Crippen molar-refractivity contribution in [1.82, 2.24) is 20.4 Å². The van der Waals surface area contributed by atoms with Crippen molar-refractivity contribution in [2.75, 3.05) is 25.0 Å². The van der Waals surface area contributed by atoms with E-state index in [9.17, 15) is 14.4 Å². The van der Waals surface area contributed by atoms with Crippen molar-refractivity contribution in [3.05, 3.63) is 40.3 Å². The Kier molecular flexibility index (Phi) is 6.70. The Labute approximate surface area is 167 Å². The number of nitrogens with one attached hydrogen (secondary N) is 2. The normalized spacial score (nSPS) is 16.5. The predicted molar refractivity (Wildman–Crippen MR) is 106 cm³/mol. The lowest BCUT2D eigenvalue weighted by Crippen LogP contribution is -2.45. The van der Waals surface area contributed by atoms with Crippen LogP contribution in [0.1, 0.15) is 45.8 Å². The second-order valence-corrected chi connectivity index (χ2v) is 7.59. The summed E-state index contributed by atoms with van der Waals surface area (Å²) in [4.78, 5) is 38.9. The Bertz CT molecular complexity index is 839. The zero-order valence-electron chi connectivity index (χ0n) is 15.7. The highest BCUT2D eigenvalue weighted by molar-refractivity contribution is 7.15. The van der Waals surface area contributed by atoms with Crippen LogP contribution in [0.2, 0.25) is 0 Å². The van der Waals surface area contributed by atoms with Crippen LogP contribution in [0.3, 0.4) is 0 Å². The molecule has 1 atom stereocenters. The van der Waals surface area contributed by atoms with Crippen LogP contribution < -0.4 is 10.6 Å². The number of para-hydroxylation sites is 1. The second kappa shape index (κ2) is 9.41. The Morgan fingerprint density at radius 3 is 2.68 bits per heavy atom. The van der Waals surface area contributed by atoms with E-state index >= 15 is 0 Å². The van der Waals surface area contributed by atoms with Crippen molar-refractivity contribution in [2.24, 2.45) is 5.92 Å². The van der Waals surface area contributed by atoms with Gasteiger partial charge in [0.05, 0.1) is 5.92 Å². The molecule has 9 heteroatoms. The van der Waals surface area contributed by atoms with Crippen LogP contribution >= 0.6 is 11.3 Å². The summed E-state index contributed by atoms with van der Waals surface area (Å²) in [6.45, 7) is 3.57. The molecule has 0 saturated carbocycles. The molecule has 1 aromatic heterocycles. The highest BCUT2D eigenvalue weighted by Crippen LogP contribution is 2.21. The largest absolute Gasteiger partial charge is 0.356 e. The van der Waals surface area contributed by atoms with Gasteiger partial charge in [-0.05, 0) is 31.4 Å². The molecule has 3 rings (SSSR count). The molecule has 148 valence electrons. The summed E-state index contributed by atoms with van der Waals surface area (Å²) in [6.07, 6.45) is 2.40. The van der Waals surface area contributed by atoms with Gasteiger partial charge in [-0.1, -0.05) is 36.5 Å². The van der Waals surface area contributed by atoms with Crippen LogP contribution in [-0.2, 0) is 4.79 Å². The van der Waals surface area contributed by atoms with E-state index in [0.29, 0.717) is 25.3 Å². The van der Waals surface area contributed by atoms with Gasteiger partial charge in [-0.2, -0.15) is 0 Å². The first kappa shape index (κ1) is 19.9. The fourth-order valence-electron chi connectivity index (χ4n) is 3.01. The molecule has 1 aliphatic heterocycles. The number of aromatic nitrogens is 2. The predicted octanol–water partition coefficient (Wildman–Crippen LogP) is 2.17. The molecule has 2 N–H and O–H groups in total. The molecule has 1 saturated heterocycles. The van der Waals surface area contributed by atoms with Crippen LogP contribution in [0.4, 0.5) is 5.69 Å². The zero-order valence-corrected chi connectivity index (χ0v) is 16.5. The average Bonchev–Trinajstić information content (AvgIpc) is 3.22. The standard InChI is InChI=1S/C19H23N5O3S/c1-2-10-20-15(25)13-7-6-11-24(12-13)19(27)18-23-22-17(28-18)16(26)21-14-8-4-3-5-9-14/h3-5,8-9,13H,2,6-7,10-12H2,1H3,(H,20,25)(H,21,26). The maximum atomic E-state index is 12.7. The van der Waals surface area contributed by atoms with Gasteiger partial charge in [0.2, 0.25) is 15.9 Å². The number of nitrogens with zero attached hydrogens (tertiary/aromatic N) is 3. The maximum absolute atomic E-state index is 12.7. The molecule has 1 aromatic carbocycles. The summed E-state index contributed by atoms with van der Waals surface area (Å²) in [5, 5.41) is 13.6. The SMILES string of the molecule is CCCNC(=O)C1CCCN(C(=O)c2nnc(C(=O)Nc3ccccc3)s2)C1. The quantitative estimate of drug-likeness (QED) is 0.772. The number of carbonyl (C=O) groups is 3.